The van der Waals surface area contributed by atoms with Crippen molar-refractivity contribution in [3.63, 3.8) is 0 Å². The van der Waals surface area contributed by atoms with Crippen LogP contribution in [0.5, 0.6) is 0 Å². The first-order valence-corrected chi connectivity index (χ1v) is 5.13. The molecule has 1 heterocycles. The minimum Gasteiger partial charge on any atom is -0.361 e. The lowest BCUT2D eigenvalue weighted by Gasteiger charge is -2.09. The molecule has 0 radical (unpaired) electrons. The summed E-state index contributed by atoms with van der Waals surface area (Å²) >= 11 is 0. The van der Waals surface area contributed by atoms with E-state index >= 15 is 0 Å². The van der Waals surface area contributed by atoms with Crippen LogP contribution < -0.4 is 5.32 Å². The van der Waals surface area contributed by atoms with Gasteiger partial charge in [-0.2, -0.15) is 0 Å². The Morgan fingerprint density at radius 1 is 1.29 bits per heavy atom. The van der Waals surface area contributed by atoms with Gasteiger partial charge in [-0.25, -0.2) is 0 Å². The van der Waals surface area contributed by atoms with Crippen molar-refractivity contribution in [3.8, 4) is 0 Å². The van der Waals surface area contributed by atoms with Gasteiger partial charge in [0.15, 0.2) is 0 Å². The zero-order valence-electron chi connectivity index (χ0n) is 8.84. The highest BCUT2D eigenvalue weighted by molar-refractivity contribution is 5.29. The number of hydrogen-bond acceptors (Lipinski definition) is 2. The number of ether oxygens (including phenoxy) is 1. The summed E-state index contributed by atoms with van der Waals surface area (Å²) in [7, 11) is 0. The SMILES string of the molecule is Cc1cc(C)cc(CC2CNCO2)c1. The average molecular weight is 191 g/mol. The Morgan fingerprint density at radius 2 is 2.00 bits per heavy atom. The van der Waals surface area contributed by atoms with Crippen molar-refractivity contribution >= 4 is 0 Å². The van der Waals surface area contributed by atoms with Crippen LogP contribution in [0.1, 0.15) is 16.7 Å². The standard InChI is InChI=1S/C12H17NO/c1-9-3-10(2)5-11(4-9)6-12-7-13-8-14-12/h3-5,12-13H,6-8H2,1-2H3. The van der Waals surface area contributed by atoms with Crippen molar-refractivity contribution in [2.45, 2.75) is 26.4 Å². The van der Waals surface area contributed by atoms with Crippen LogP contribution >= 0.6 is 0 Å². The fourth-order valence-corrected chi connectivity index (χ4v) is 2.04. The van der Waals surface area contributed by atoms with E-state index in [-0.39, 0.29) is 0 Å². The second kappa shape index (κ2) is 4.11. The van der Waals surface area contributed by atoms with Crippen molar-refractivity contribution in [1.29, 1.82) is 0 Å². The molecule has 2 heteroatoms. The van der Waals surface area contributed by atoms with Gasteiger partial charge in [0, 0.05) is 6.54 Å². The molecule has 76 valence electrons. The molecule has 1 atom stereocenters. The van der Waals surface area contributed by atoms with Crippen molar-refractivity contribution in [3.05, 3.63) is 34.9 Å². The third-order valence-electron chi connectivity index (χ3n) is 2.54. The summed E-state index contributed by atoms with van der Waals surface area (Å²) in [5, 5.41) is 3.20. The molecule has 2 rings (SSSR count). The summed E-state index contributed by atoms with van der Waals surface area (Å²) < 4.78 is 5.53. The quantitative estimate of drug-likeness (QED) is 0.769. The monoisotopic (exact) mass is 191 g/mol. The third-order valence-corrected chi connectivity index (χ3v) is 2.54. The molecular weight excluding hydrogens is 174 g/mol. The second-order valence-electron chi connectivity index (χ2n) is 4.09. The van der Waals surface area contributed by atoms with Crippen LogP contribution in [-0.4, -0.2) is 19.4 Å². The van der Waals surface area contributed by atoms with E-state index in [0.717, 1.165) is 13.0 Å². The molecule has 1 aliphatic heterocycles. The average Bonchev–Trinajstić information content (AvgIpc) is 2.54. The number of aryl methyl sites for hydroxylation is 2. The minimum absolute atomic E-state index is 0.358. The van der Waals surface area contributed by atoms with Crippen LogP contribution in [0.25, 0.3) is 0 Å². The third kappa shape index (κ3) is 2.34. The summed E-state index contributed by atoms with van der Waals surface area (Å²) in [5.74, 6) is 0. The molecule has 0 aliphatic carbocycles. The van der Waals surface area contributed by atoms with Gasteiger partial charge in [0.05, 0.1) is 12.8 Å². The maximum atomic E-state index is 5.53. The first-order chi connectivity index (χ1) is 6.74. The highest BCUT2D eigenvalue weighted by Crippen LogP contribution is 2.13. The van der Waals surface area contributed by atoms with E-state index in [9.17, 15) is 0 Å². The Balaban J connectivity index is 2.07. The van der Waals surface area contributed by atoms with E-state index < -0.39 is 0 Å². The Labute approximate surface area is 85.3 Å². The normalized spacial score (nSPS) is 21.4. The molecule has 0 amide bonds. The van der Waals surface area contributed by atoms with Gasteiger partial charge in [0.2, 0.25) is 0 Å². The van der Waals surface area contributed by atoms with Crippen LogP contribution in [0.4, 0.5) is 0 Å². The largest absolute Gasteiger partial charge is 0.361 e. The van der Waals surface area contributed by atoms with Crippen LogP contribution in [-0.2, 0) is 11.2 Å². The minimum atomic E-state index is 0.358. The van der Waals surface area contributed by atoms with E-state index in [2.05, 4.69) is 37.4 Å². The lowest BCUT2D eigenvalue weighted by molar-refractivity contribution is 0.114. The highest BCUT2D eigenvalue weighted by atomic mass is 16.5. The highest BCUT2D eigenvalue weighted by Gasteiger charge is 2.15. The van der Waals surface area contributed by atoms with Gasteiger partial charge in [0.1, 0.15) is 0 Å². The Bertz CT molecular complexity index is 296. The van der Waals surface area contributed by atoms with E-state index in [4.69, 9.17) is 4.74 Å². The Kier molecular flexibility index (Phi) is 2.85. The lowest BCUT2D eigenvalue weighted by atomic mass is 10.0. The molecule has 0 spiro atoms. The predicted molar refractivity (Wildman–Crippen MR) is 57.4 cm³/mol. The zero-order chi connectivity index (χ0) is 9.97. The van der Waals surface area contributed by atoms with Crippen LogP contribution in [0.3, 0.4) is 0 Å². The molecule has 0 aromatic heterocycles. The zero-order valence-corrected chi connectivity index (χ0v) is 8.84. The molecule has 1 N–H and O–H groups in total. The Morgan fingerprint density at radius 3 is 2.57 bits per heavy atom. The van der Waals surface area contributed by atoms with Gasteiger partial charge in [-0.15, -0.1) is 0 Å². The first-order valence-electron chi connectivity index (χ1n) is 5.13. The Hall–Kier alpha value is -0.860. The van der Waals surface area contributed by atoms with Gasteiger partial charge in [-0.1, -0.05) is 29.3 Å². The molecule has 1 aromatic carbocycles. The summed E-state index contributed by atoms with van der Waals surface area (Å²) in [6.45, 7) is 5.97. The predicted octanol–water partition coefficient (Wildman–Crippen LogP) is 1.79. The van der Waals surface area contributed by atoms with Gasteiger partial charge in [0.25, 0.3) is 0 Å². The van der Waals surface area contributed by atoms with Crippen molar-refractivity contribution in [2.75, 3.05) is 13.3 Å². The molecule has 0 bridgehead atoms. The molecule has 1 saturated heterocycles. The van der Waals surface area contributed by atoms with Gasteiger partial charge < -0.3 is 4.74 Å². The number of benzene rings is 1. The molecule has 2 nitrogen and oxygen atoms in total. The van der Waals surface area contributed by atoms with Crippen LogP contribution in [0.15, 0.2) is 18.2 Å². The van der Waals surface area contributed by atoms with E-state index in [1.165, 1.54) is 16.7 Å². The first kappa shape index (κ1) is 9.69. The molecule has 1 aliphatic rings. The maximum absolute atomic E-state index is 5.53. The van der Waals surface area contributed by atoms with Crippen molar-refractivity contribution < 1.29 is 4.74 Å². The molecule has 1 aromatic rings. The van der Waals surface area contributed by atoms with E-state index in [0.29, 0.717) is 12.8 Å². The number of hydrogen-bond donors (Lipinski definition) is 1. The van der Waals surface area contributed by atoms with E-state index in [1.807, 2.05) is 0 Å². The lowest BCUT2D eigenvalue weighted by Crippen LogP contribution is -2.16. The van der Waals surface area contributed by atoms with Gasteiger partial charge >= 0.3 is 0 Å². The van der Waals surface area contributed by atoms with Gasteiger partial charge in [-0.05, 0) is 25.8 Å². The fraction of sp³-hybridized carbons (Fsp3) is 0.500. The molecule has 14 heavy (non-hydrogen) atoms. The van der Waals surface area contributed by atoms with Crippen LogP contribution in [0, 0.1) is 13.8 Å². The molecule has 1 fully saturated rings. The number of rotatable bonds is 2. The van der Waals surface area contributed by atoms with E-state index in [1.54, 1.807) is 0 Å². The smallest absolute Gasteiger partial charge is 0.0970 e. The van der Waals surface area contributed by atoms with Crippen LogP contribution in [0.2, 0.25) is 0 Å². The summed E-state index contributed by atoms with van der Waals surface area (Å²) in [4.78, 5) is 0. The summed E-state index contributed by atoms with van der Waals surface area (Å²) in [6, 6.07) is 6.70. The molecule has 0 saturated carbocycles. The van der Waals surface area contributed by atoms with Crippen molar-refractivity contribution in [2.24, 2.45) is 0 Å². The number of nitrogens with one attached hydrogen (secondary N) is 1. The fourth-order valence-electron chi connectivity index (χ4n) is 2.04. The molecular formula is C12H17NO. The summed E-state index contributed by atoms with van der Waals surface area (Å²) in [5.41, 5.74) is 4.06. The maximum Gasteiger partial charge on any atom is 0.0970 e. The topological polar surface area (TPSA) is 21.3 Å². The van der Waals surface area contributed by atoms with Gasteiger partial charge in [-0.3, -0.25) is 5.32 Å². The van der Waals surface area contributed by atoms with Crippen molar-refractivity contribution in [1.82, 2.24) is 5.32 Å². The second-order valence-corrected chi connectivity index (χ2v) is 4.09. The molecule has 1 unspecified atom stereocenters. The summed E-state index contributed by atoms with van der Waals surface area (Å²) in [6.07, 6.45) is 1.38.